The molecule has 0 saturated carbocycles. The van der Waals surface area contributed by atoms with Crippen LogP contribution in [0.25, 0.3) is 0 Å². The highest BCUT2D eigenvalue weighted by Crippen LogP contribution is 2.14. The van der Waals surface area contributed by atoms with Crippen molar-refractivity contribution in [3.8, 4) is 0 Å². The molecule has 0 radical (unpaired) electrons. The first-order chi connectivity index (χ1) is 11.1. The lowest BCUT2D eigenvalue weighted by molar-refractivity contribution is -0.908. The van der Waals surface area contributed by atoms with Crippen molar-refractivity contribution in [3.05, 3.63) is 65.7 Å². The van der Waals surface area contributed by atoms with Crippen molar-refractivity contribution >= 4 is 17.7 Å². The lowest BCUT2D eigenvalue weighted by Crippen LogP contribution is -3.12. The van der Waals surface area contributed by atoms with E-state index >= 15 is 0 Å². The third-order valence-electron chi connectivity index (χ3n) is 4.08. The summed E-state index contributed by atoms with van der Waals surface area (Å²) >= 11 is 1.74. The molecule has 2 aromatic rings. The normalized spacial score (nSPS) is 13.3. The summed E-state index contributed by atoms with van der Waals surface area (Å²) in [5.41, 5.74) is 2.38. The minimum absolute atomic E-state index is 0.0843. The van der Waals surface area contributed by atoms with Gasteiger partial charge in [-0.15, -0.1) is 11.8 Å². The van der Waals surface area contributed by atoms with Crippen molar-refractivity contribution in [2.24, 2.45) is 0 Å². The zero-order valence-electron chi connectivity index (χ0n) is 14.0. The zero-order valence-corrected chi connectivity index (χ0v) is 14.8. The Morgan fingerprint density at radius 2 is 1.74 bits per heavy atom. The second-order valence-corrected chi connectivity index (χ2v) is 6.68. The molecule has 122 valence electrons. The van der Waals surface area contributed by atoms with E-state index in [-0.39, 0.29) is 11.9 Å². The summed E-state index contributed by atoms with van der Waals surface area (Å²) in [6.45, 7) is 3.40. The van der Waals surface area contributed by atoms with Crippen molar-refractivity contribution in [2.75, 3.05) is 13.3 Å². The molecule has 2 atom stereocenters. The van der Waals surface area contributed by atoms with E-state index in [2.05, 4.69) is 42.9 Å². The number of likely N-dealkylation sites (N-methyl/N-ethyl adjacent to an activating group) is 1. The van der Waals surface area contributed by atoms with Gasteiger partial charge in [-0.05, 0) is 30.9 Å². The Kier molecular flexibility index (Phi) is 6.68. The SMILES string of the molecule is CSc1ccc(C[NH+](C)[C@H](C)C(=O)NCc2ccccc2)cc1. The van der Waals surface area contributed by atoms with Crippen molar-refractivity contribution in [1.29, 1.82) is 0 Å². The summed E-state index contributed by atoms with van der Waals surface area (Å²) in [4.78, 5) is 14.8. The predicted octanol–water partition coefficient (Wildman–Crippen LogP) is 2.13. The third-order valence-corrected chi connectivity index (χ3v) is 4.83. The average molecular weight is 329 g/mol. The summed E-state index contributed by atoms with van der Waals surface area (Å²) in [6, 6.07) is 18.5. The minimum Gasteiger partial charge on any atom is -0.347 e. The highest BCUT2D eigenvalue weighted by molar-refractivity contribution is 7.98. The van der Waals surface area contributed by atoms with E-state index < -0.39 is 0 Å². The van der Waals surface area contributed by atoms with Gasteiger partial charge in [0.1, 0.15) is 6.54 Å². The number of hydrogen-bond donors (Lipinski definition) is 2. The largest absolute Gasteiger partial charge is 0.347 e. The molecule has 4 heteroatoms. The van der Waals surface area contributed by atoms with Crippen molar-refractivity contribution in [2.45, 2.75) is 31.0 Å². The number of benzene rings is 2. The lowest BCUT2D eigenvalue weighted by atomic mass is 10.2. The standard InChI is InChI=1S/C19H24N2OS/c1-15(19(22)20-13-16-7-5-4-6-8-16)21(2)14-17-9-11-18(23-3)12-10-17/h4-12,15H,13-14H2,1-3H3,(H,20,22)/p+1/t15-/m1/s1. The van der Waals surface area contributed by atoms with E-state index in [0.717, 1.165) is 12.1 Å². The van der Waals surface area contributed by atoms with Crippen LogP contribution in [0, 0.1) is 0 Å². The third kappa shape index (κ3) is 5.41. The van der Waals surface area contributed by atoms with E-state index in [1.807, 2.05) is 37.3 Å². The number of thioether (sulfide) groups is 1. The van der Waals surface area contributed by atoms with E-state index in [4.69, 9.17) is 0 Å². The Morgan fingerprint density at radius 3 is 2.35 bits per heavy atom. The molecule has 0 saturated heterocycles. The summed E-state index contributed by atoms with van der Waals surface area (Å²) in [5, 5.41) is 3.02. The quantitative estimate of drug-likeness (QED) is 0.763. The second-order valence-electron chi connectivity index (χ2n) is 5.80. The van der Waals surface area contributed by atoms with Gasteiger partial charge >= 0.3 is 0 Å². The molecule has 1 unspecified atom stereocenters. The van der Waals surface area contributed by atoms with E-state index in [9.17, 15) is 4.79 Å². The molecule has 3 nitrogen and oxygen atoms in total. The zero-order chi connectivity index (χ0) is 16.7. The Bertz CT molecular complexity index is 613. The molecule has 2 N–H and O–H groups in total. The predicted molar refractivity (Wildman–Crippen MR) is 96.6 cm³/mol. The molecular weight excluding hydrogens is 304 g/mol. The Balaban J connectivity index is 1.85. The number of nitrogens with one attached hydrogen (secondary N) is 2. The summed E-state index contributed by atoms with van der Waals surface area (Å²) in [7, 11) is 2.06. The molecule has 0 heterocycles. The van der Waals surface area contributed by atoms with Gasteiger partial charge in [-0.2, -0.15) is 0 Å². The summed E-state index contributed by atoms with van der Waals surface area (Å²) in [5.74, 6) is 0.0899. The monoisotopic (exact) mass is 329 g/mol. The van der Waals surface area contributed by atoms with Crippen LogP contribution in [0.2, 0.25) is 0 Å². The lowest BCUT2D eigenvalue weighted by Gasteiger charge is -2.21. The molecule has 0 spiro atoms. The van der Waals surface area contributed by atoms with Crippen LogP contribution in [0.5, 0.6) is 0 Å². The van der Waals surface area contributed by atoms with Gasteiger partial charge in [0.25, 0.3) is 5.91 Å². The van der Waals surface area contributed by atoms with Crippen LogP contribution < -0.4 is 10.2 Å². The van der Waals surface area contributed by atoms with Crippen LogP contribution in [-0.2, 0) is 17.9 Å². The fourth-order valence-corrected chi connectivity index (χ4v) is 2.79. The maximum absolute atomic E-state index is 12.3. The fourth-order valence-electron chi connectivity index (χ4n) is 2.38. The van der Waals surface area contributed by atoms with E-state index in [1.54, 1.807) is 11.8 Å². The maximum atomic E-state index is 12.3. The van der Waals surface area contributed by atoms with Gasteiger partial charge in [0.2, 0.25) is 0 Å². The minimum atomic E-state index is -0.0843. The summed E-state index contributed by atoms with van der Waals surface area (Å²) in [6.07, 6.45) is 2.07. The number of rotatable bonds is 7. The average Bonchev–Trinajstić information content (AvgIpc) is 2.60. The molecule has 0 aromatic heterocycles. The number of amides is 1. The molecule has 23 heavy (non-hydrogen) atoms. The van der Waals surface area contributed by atoms with Crippen LogP contribution in [0.1, 0.15) is 18.1 Å². The van der Waals surface area contributed by atoms with Gasteiger partial charge in [-0.3, -0.25) is 4.79 Å². The highest BCUT2D eigenvalue weighted by atomic mass is 32.2. The van der Waals surface area contributed by atoms with Crippen molar-refractivity contribution < 1.29 is 9.69 Å². The number of carbonyl (C=O) groups is 1. The van der Waals surface area contributed by atoms with Crippen LogP contribution in [-0.4, -0.2) is 25.3 Å². The molecule has 0 aliphatic carbocycles. The summed E-state index contributed by atoms with van der Waals surface area (Å²) < 4.78 is 0. The molecule has 0 bridgehead atoms. The van der Waals surface area contributed by atoms with Crippen LogP contribution in [0.3, 0.4) is 0 Å². The molecular formula is C19H25N2OS+. The van der Waals surface area contributed by atoms with Crippen LogP contribution in [0.15, 0.2) is 59.5 Å². The Morgan fingerprint density at radius 1 is 1.09 bits per heavy atom. The number of quaternary nitrogens is 1. The molecule has 2 aromatic carbocycles. The molecule has 0 fully saturated rings. The molecule has 0 aliphatic heterocycles. The highest BCUT2D eigenvalue weighted by Gasteiger charge is 2.21. The van der Waals surface area contributed by atoms with E-state index in [1.165, 1.54) is 15.4 Å². The smallest absolute Gasteiger partial charge is 0.278 e. The first-order valence-corrected chi connectivity index (χ1v) is 9.09. The number of hydrogen-bond acceptors (Lipinski definition) is 2. The Hall–Kier alpha value is -1.78. The van der Waals surface area contributed by atoms with E-state index in [0.29, 0.717) is 6.54 Å². The van der Waals surface area contributed by atoms with Gasteiger partial charge in [-0.1, -0.05) is 42.5 Å². The Labute approximate surface area is 143 Å². The van der Waals surface area contributed by atoms with Gasteiger partial charge in [0, 0.05) is 17.0 Å². The number of carbonyl (C=O) groups excluding carboxylic acids is 1. The van der Waals surface area contributed by atoms with Gasteiger partial charge in [0.05, 0.1) is 7.05 Å². The molecule has 2 rings (SSSR count). The second kappa shape index (κ2) is 8.75. The van der Waals surface area contributed by atoms with Gasteiger partial charge < -0.3 is 10.2 Å². The maximum Gasteiger partial charge on any atom is 0.278 e. The topological polar surface area (TPSA) is 33.5 Å². The first kappa shape index (κ1) is 17.6. The first-order valence-electron chi connectivity index (χ1n) is 7.87. The fraction of sp³-hybridized carbons (Fsp3) is 0.316. The van der Waals surface area contributed by atoms with Crippen LogP contribution in [0.4, 0.5) is 0 Å². The van der Waals surface area contributed by atoms with Gasteiger partial charge in [0.15, 0.2) is 6.04 Å². The van der Waals surface area contributed by atoms with Crippen molar-refractivity contribution in [3.63, 3.8) is 0 Å². The van der Waals surface area contributed by atoms with Crippen LogP contribution >= 0.6 is 11.8 Å². The molecule has 1 amide bonds. The van der Waals surface area contributed by atoms with Crippen molar-refractivity contribution in [1.82, 2.24) is 5.32 Å². The molecule has 0 aliphatic rings. The van der Waals surface area contributed by atoms with Gasteiger partial charge in [-0.25, -0.2) is 0 Å².